The quantitative estimate of drug-likeness (QED) is 0.775. The molecule has 0 atom stereocenters. The van der Waals surface area contributed by atoms with Crippen molar-refractivity contribution >= 4 is 11.6 Å². The predicted molar refractivity (Wildman–Crippen MR) is 79.8 cm³/mol. The molecule has 0 saturated carbocycles. The maximum absolute atomic E-state index is 6.06. The van der Waals surface area contributed by atoms with E-state index in [1.165, 1.54) is 0 Å². The molecule has 3 aromatic rings. The molecule has 0 saturated heterocycles. The number of H-pyrrole nitrogens is 1. The van der Waals surface area contributed by atoms with Gasteiger partial charge in [0, 0.05) is 16.8 Å². The Morgan fingerprint density at radius 1 is 1.05 bits per heavy atom. The average Bonchev–Trinajstić information content (AvgIpc) is 3.01. The van der Waals surface area contributed by atoms with Gasteiger partial charge in [-0.05, 0) is 29.8 Å². The molecular weight excluding hydrogens is 272 g/mol. The van der Waals surface area contributed by atoms with Crippen molar-refractivity contribution in [2.24, 2.45) is 0 Å². The first-order valence-electron chi connectivity index (χ1n) is 6.29. The molecule has 1 aromatic heterocycles. The van der Waals surface area contributed by atoms with Gasteiger partial charge in [-0.1, -0.05) is 41.9 Å². The van der Waals surface area contributed by atoms with Gasteiger partial charge in [-0.25, -0.2) is 0 Å². The number of nitrogens with one attached hydrogen (secondary N) is 1. The second-order valence-electron chi connectivity index (χ2n) is 4.37. The molecule has 0 bridgehead atoms. The first kappa shape index (κ1) is 12.8. The summed E-state index contributed by atoms with van der Waals surface area (Å²) in [6.45, 7) is 0.514. The van der Waals surface area contributed by atoms with Crippen molar-refractivity contribution < 1.29 is 4.74 Å². The summed E-state index contributed by atoms with van der Waals surface area (Å²) >= 11 is 6.06. The summed E-state index contributed by atoms with van der Waals surface area (Å²) in [5.74, 6) is 0.769. The van der Waals surface area contributed by atoms with Crippen LogP contribution in [-0.2, 0) is 6.61 Å². The molecule has 0 fully saturated rings. The van der Waals surface area contributed by atoms with E-state index in [9.17, 15) is 0 Å². The highest BCUT2D eigenvalue weighted by Crippen LogP contribution is 2.31. The van der Waals surface area contributed by atoms with Gasteiger partial charge in [-0.3, -0.25) is 5.10 Å². The van der Waals surface area contributed by atoms with Crippen LogP contribution in [0, 0.1) is 0 Å². The number of halogens is 1. The molecule has 0 aliphatic rings. The van der Waals surface area contributed by atoms with Crippen LogP contribution in [0.2, 0.25) is 5.02 Å². The van der Waals surface area contributed by atoms with Crippen molar-refractivity contribution in [3.8, 4) is 17.0 Å². The van der Waals surface area contributed by atoms with Crippen LogP contribution >= 0.6 is 11.6 Å². The Morgan fingerprint density at radius 2 is 1.90 bits per heavy atom. The predicted octanol–water partition coefficient (Wildman–Crippen LogP) is 4.31. The third-order valence-corrected chi connectivity index (χ3v) is 3.19. The monoisotopic (exact) mass is 284 g/mol. The lowest BCUT2D eigenvalue weighted by Crippen LogP contribution is -1.97. The molecule has 100 valence electrons. The van der Waals surface area contributed by atoms with Crippen LogP contribution in [0.15, 0.2) is 60.8 Å². The molecular formula is C16H13ClN2O. The van der Waals surface area contributed by atoms with Gasteiger partial charge >= 0.3 is 0 Å². The molecule has 3 rings (SSSR count). The van der Waals surface area contributed by atoms with Crippen molar-refractivity contribution in [1.82, 2.24) is 10.2 Å². The van der Waals surface area contributed by atoms with E-state index in [-0.39, 0.29) is 0 Å². The molecule has 2 aromatic carbocycles. The van der Waals surface area contributed by atoms with Gasteiger partial charge in [0.05, 0.1) is 5.69 Å². The molecule has 0 radical (unpaired) electrons. The zero-order valence-corrected chi connectivity index (χ0v) is 11.5. The van der Waals surface area contributed by atoms with E-state index in [1.807, 2.05) is 54.6 Å². The number of aromatic nitrogens is 2. The Balaban J connectivity index is 1.86. The van der Waals surface area contributed by atoms with Crippen molar-refractivity contribution in [1.29, 1.82) is 0 Å². The Labute approximate surface area is 122 Å². The summed E-state index contributed by atoms with van der Waals surface area (Å²) in [6, 6.07) is 17.5. The van der Waals surface area contributed by atoms with Gasteiger partial charge in [0.25, 0.3) is 0 Å². The highest BCUT2D eigenvalue weighted by Gasteiger charge is 2.09. The molecule has 0 amide bonds. The zero-order chi connectivity index (χ0) is 13.8. The fourth-order valence-corrected chi connectivity index (χ4v) is 2.15. The maximum atomic E-state index is 6.06. The van der Waals surface area contributed by atoms with Gasteiger partial charge < -0.3 is 4.74 Å². The second-order valence-corrected chi connectivity index (χ2v) is 4.81. The standard InChI is InChI=1S/C16H13ClN2O/c17-13-6-7-16(14(10-13)15-8-9-18-19-15)20-11-12-4-2-1-3-5-12/h1-10H,11H2,(H,18,19). The topological polar surface area (TPSA) is 37.9 Å². The summed E-state index contributed by atoms with van der Waals surface area (Å²) in [5.41, 5.74) is 2.82. The van der Waals surface area contributed by atoms with E-state index < -0.39 is 0 Å². The van der Waals surface area contributed by atoms with Crippen LogP contribution in [0.25, 0.3) is 11.3 Å². The summed E-state index contributed by atoms with van der Waals surface area (Å²) < 4.78 is 5.89. The molecule has 0 aliphatic carbocycles. The maximum Gasteiger partial charge on any atom is 0.129 e. The highest BCUT2D eigenvalue weighted by molar-refractivity contribution is 6.30. The number of hydrogen-bond acceptors (Lipinski definition) is 2. The molecule has 0 unspecified atom stereocenters. The summed E-state index contributed by atoms with van der Waals surface area (Å²) in [7, 11) is 0. The summed E-state index contributed by atoms with van der Waals surface area (Å²) in [6.07, 6.45) is 1.78. The van der Waals surface area contributed by atoms with Crippen LogP contribution in [0.4, 0.5) is 0 Å². The third-order valence-electron chi connectivity index (χ3n) is 2.96. The van der Waals surface area contributed by atoms with Crippen molar-refractivity contribution in [3.05, 3.63) is 71.4 Å². The Bertz CT molecular complexity index is 681. The van der Waals surface area contributed by atoms with Crippen molar-refractivity contribution in [3.63, 3.8) is 0 Å². The van der Waals surface area contributed by atoms with Gasteiger partial charge in [0.2, 0.25) is 0 Å². The van der Waals surface area contributed by atoms with E-state index >= 15 is 0 Å². The number of ether oxygens (including phenoxy) is 1. The smallest absolute Gasteiger partial charge is 0.129 e. The average molecular weight is 285 g/mol. The fraction of sp³-hybridized carbons (Fsp3) is 0.0625. The Kier molecular flexibility index (Phi) is 3.70. The minimum atomic E-state index is 0.514. The van der Waals surface area contributed by atoms with Crippen LogP contribution in [0.1, 0.15) is 5.56 Å². The number of rotatable bonds is 4. The zero-order valence-electron chi connectivity index (χ0n) is 10.7. The molecule has 20 heavy (non-hydrogen) atoms. The van der Waals surface area contributed by atoms with E-state index in [1.54, 1.807) is 6.20 Å². The lowest BCUT2D eigenvalue weighted by molar-refractivity contribution is 0.307. The van der Waals surface area contributed by atoms with Crippen molar-refractivity contribution in [2.45, 2.75) is 6.61 Å². The SMILES string of the molecule is Clc1ccc(OCc2ccccc2)c(-c2cc[nH]n2)c1. The number of benzene rings is 2. The summed E-state index contributed by atoms with van der Waals surface area (Å²) in [4.78, 5) is 0. The minimum Gasteiger partial charge on any atom is -0.488 e. The van der Waals surface area contributed by atoms with Crippen LogP contribution < -0.4 is 4.74 Å². The minimum absolute atomic E-state index is 0.514. The number of nitrogens with zero attached hydrogens (tertiary/aromatic N) is 1. The largest absolute Gasteiger partial charge is 0.488 e. The first-order valence-corrected chi connectivity index (χ1v) is 6.67. The Morgan fingerprint density at radius 3 is 2.65 bits per heavy atom. The molecule has 0 spiro atoms. The first-order chi connectivity index (χ1) is 9.83. The van der Waals surface area contributed by atoms with Gasteiger partial charge in [-0.15, -0.1) is 0 Å². The molecule has 3 nitrogen and oxygen atoms in total. The normalized spacial score (nSPS) is 10.4. The lowest BCUT2D eigenvalue weighted by atomic mass is 10.1. The van der Waals surface area contributed by atoms with E-state index in [2.05, 4.69) is 10.2 Å². The van der Waals surface area contributed by atoms with E-state index in [4.69, 9.17) is 16.3 Å². The molecule has 4 heteroatoms. The summed E-state index contributed by atoms with van der Waals surface area (Å²) in [5, 5.41) is 7.64. The van der Waals surface area contributed by atoms with Crippen LogP contribution in [0.5, 0.6) is 5.75 Å². The molecule has 0 aliphatic heterocycles. The third kappa shape index (κ3) is 2.83. The fourth-order valence-electron chi connectivity index (χ4n) is 1.97. The number of hydrogen-bond donors (Lipinski definition) is 1. The van der Waals surface area contributed by atoms with Gasteiger partial charge in [0.15, 0.2) is 0 Å². The van der Waals surface area contributed by atoms with Gasteiger partial charge in [0.1, 0.15) is 12.4 Å². The van der Waals surface area contributed by atoms with Gasteiger partial charge in [-0.2, -0.15) is 5.10 Å². The van der Waals surface area contributed by atoms with Crippen LogP contribution in [-0.4, -0.2) is 10.2 Å². The van der Waals surface area contributed by atoms with Crippen molar-refractivity contribution in [2.75, 3.05) is 0 Å². The highest BCUT2D eigenvalue weighted by atomic mass is 35.5. The molecule has 1 heterocycles. The van der Waals surface area contributed by atoms with Crippen LogP contribution in [0.3, 0.4) is 0 Å². The van der Waals surface area contributed by atoms with E-state index in [0.29, 0.717) is 11.6 Å². The Hall–Kier alpha value is -2.26. The second kappa shape index (κ2) is 5.80. The van der Waals surface area contributed by atoms with E-state index in [0.717, 1.165) is 22.6 Å². The number of aromatic amines is 1. The lowest BCUT2D eigenvalue weighted by Gasteiger charge is -2.10. The molecule has 1 N–H and O–H groups in total.